The fourth-order valence-corrected chi connectivity index (χ4v) is 2.71. The number of amides is 2. The molecular formula is C21H17N5O3. The zero-order chi connectivity index (χ0) is 20.1. The summed E-state index contributed by atoms with van der Waals surface area (Å²) in [5, 5.41) is 5.12. The van der Waals surface area contributed by atoms with Crippen molar-refractivity contribution in [2.45, 2.75) is 6.61 Å². The third kappa shape index (κ3) is 4.22. The van der Waals surface area contributed by atoms with E-state index in [0.717, 1.165) is 5.56 Å². The van der Waals surface area contributed by atoms with Crippen molar-refractivity contribution < 1.29 is 9.53 Å². The standard InChI is InChI=1S/C21H17N5O3/c27-20-16(13-23-18-10-4-5-12-26(18)20)24-21(28)25-19-17(9-6-11-22-19)29-14-15-7-2-1-3-8-15/h1-13H,14H2,(H2,22,24,25,28). The van der Waals surface area contributed by atoms with Crippen LogP contribution >= 0.6 is 0 Å². The number of hydrogen-bond donors (Lipinski definition) is 2. The number of carbonyl (C=O) groups excluding carboxylic acids is 1. The van der Waals surface area contributed by atoms with Gasteiger partial charge in [0.25, 0.3) is 5.56 Å². The number of carbonyl (C=O) groups is 1. The molecule has 0 saturated heterocycles. The van der Waals surface area contributed by atoms with Crippen molar-refractivity contribution in [1.29, 1.82) is 0 Å². The molecule has 4 aromatic rings. The zero-order valence-corrected chi connectivity index (χ0v) is 15.3. The van der Waals surface area contributed by atoms with E-state index in [-0.39, 0.29) is 17.1 Å². The van der Waals surface area contributed by atoms with E-state index in [1.807, 2.05) is 30.3 Å². The van der Waals surface area contributed by atoms with Crippen LogP contribution in [0.25, 0.3) is 5.65 Å². The normalized spacial score (nSPS) is 10.5. The maximum Gasteiger partial charge on any atom is 0.325 e. The number of anilines is 2. The molecule has 1 aromatic carbocycles. The molecule has 0 unspecified atom stereocenters. The number of nitrogens with one attached hydrogen (secondary N) is 2. The largest absolute Gasteiger partial charge is 0.485 e. The van der Waals surface area contributed by atoms with Crippen LogP contribution < -0.4 is 20.9 Å². The smallest absolute Gasteiger partial charge is 0.325 e. The molecule has 3 heterocycles. The Morgan fingerprint density at radius 3 is 2.66 bits per heavy atom. The van der Waals surface area contributed by atoms with E-state index in [2.05, 4.69) is 20.6 Å². The number of nitrogens with zero attached hydrogens (tertiary/aromatic N) is 3. The predicted molar refractivity (Wildman–Crippen MR) is 109 cm³/mol. The van der Waals surface area contributed by atoms with E-state index in [1.54, 1.807) is 36.5 Å². The number of urea groups is 1. The number of benzene rings is 1. The molecule has 4 rings (SSSR count). The summed E-state index contributed by atoms with van der Waals surface area (Å²) in [6, 6.07) is 17.6. The Bertz CT molecular complexity index is 1210. The minimum absolute atomic E-state index is 0.0499. The van der Waals surface area contributed by atoms with Crippen LogP contribution in [-0.4, -0.2) is 20.4 Å². The Kier molecular flexibility index (Phi) is 5.15. The number of pyridine rings is 2. The van der Waals surface area contributed by atoms with Gasteiger partial charge < -0.3 is 10.1 Å². The number of ether oxygens (including phenoxy) is 1. The number of fused-ring (bicyclic) bond motifs is 1. The highest BCUT2D eigenvalue weighted by molar-refractivity contribution is 5.99. The summed E-state index contributed by atoms with van der Waals surface area (Å²) in [6.45, 7) is 0.332. The van der Waals surface area contributed by atoms with Crippen molar-refractivity contribution in [3.63, 3.8) is 0 Å². The first-order valence-corrected chi connectivity index (χ1v) is 8.87. The summed E-state index contributed by atoms with van der Waals surface area (Å²) in [5.41, 5.74) is 1.15. The summed E-state index contributed by atoms with van der Waals surface area (Å²) in [4.78, 5) is 33.2. The van der Waals surface area contributed by atoms with Crippen molar-refractivity contribution >= 4 is 23.2 Å². The van der Waals surface area contributed by atoms with Gasteiger partial charge >= 0.3 is 6.03 Å². The van der Waals surface area contributed by atoms with Gasteiger partial charge in [-0.25, -0.2) is 14.8 Å². The molecule has 0 aliphatic heterocycles. The second-order valence-electron chi connectivity index (χ2n) is 6.11. The summed E-state index contributed by atoms with van der Waals surface area (Å²) in [5.74, 6) is 0.662. The second kappa shape index (κ2) is 8.22. The molecule has 8 nitrogen and oxygen atoms in total. The fraction of sp³-hybridized carbons (Fsp3) is 0.0476. The SMILES string of the molecule is O=C(Nc1ncccc1OCc1ccccc1)Nc1cnc2ccccn2c1=O. The van der Waals surface area contributed by atoms with Gasteiger partial charge in [0.05, 0.1) is 6.20 Å². The molecule has 0 radical (unpaired) electrons. The van der Waals surface area contributed by atoms with Gasteiger partial charge in [-0.3, -0.25) is 14.5 Å². The molecule has 8 heteroatoms. The first kappa shape index (κ1) is 18.2. The monoisotopic (exact) mass is 387 g/mol. The van der Waals surface area contributed by atoms with Crippen LogP contribution in [0.1, 0.15) is 5.56 Å². The molecular weight excluding hydrogens is 370 g/mol. The van der Waals surface area contributed by atoms with E-state index in [4.69, 9.17) is 4.74 Å². The van der Waals surface area contributed by atoms with E-state index in [1.165, 1.54) is 16.8 Å². The van der Waals surface area contributed by atoms with Crippen LogP contribution in [0.5, 0.6) is 5.75 Å². The van der Waals surface area contributed by atoms with E-state index < -0.39 is 6.03 Å². The highest BCUT2D eigenvalue weighted by atomic mass is 16.5. The zero-order valence-electron chi connectivity index (χ0n) is 15.3. The van der Waals surface area contributed by atoms with Crippen LogP contribution in [0.3, 0.4) is 0 Å². The van der Waals surface area contributed by atoms with Crippen LogP contribution in [0.2, 0.25) is 0 Å². The summed E-state index contributed by atoms with van der Waals surface area (Å²) in [7, 11) is 0. The van der Waals surface area contributed by atoms with Crippen molar-refractivity contribution in [2.24, 2.45) is 0 Å². The van der Waals surface area contributed by atoms with Crippen LogP contribution in [0.15, 0.2) is 84.0 Å². The van der Waals surface area contributed by atoms with E-state index in [9.17, 15) is 9.59 Å². The maximum atomic E-state index is 12.5. The lowest BCUT2D eigenvalue weighted by Gasteiger charge is -2.12. The number of rotatable bonds is 5. The molecule has 0 aliphatic carbocycles. The lowest BCUT2D eigenvalue weighted by molar-refractivity contribution is 0.261. The third-order valence-electron chi connectivity index (χ3n) is 4.10. The van der Waals surface area contributed by atoms with Gasteiger partial charge in [0.1, 0.15) is 17.9 Å². The van der Waals surface area contributed by atoms with Gasteiger partial charge in [-0.05, 0) is 29.8 Å². The van der Waals surface area contributed by atoms with Crippen LogP contribution in [0, 0.1) is 0 Å². The lowest BCUT2D eigenvalue weighted by Crippen LogP contribution is -2.26. The van der Waals surface area contributed by atoms with Crippen molar-refractivity contribution in [3.05, 3.63) is 95.2 Å². The van der Waals surface area contributed by atoms with E-state index in [0.29, 0.717) is 18.0 Å². The minimum Gasteiger partial charge on any atom is -0.485 e. The number of aromatic nitrogens is 3. The molecule has 0 atom stereocenters. The predicted octanol–water partition coefficient (Wildman–Crippen LogP) is 3.31. The topological polar surface area (TPSA) is 97.6 Å². The van der Waals surface area contributed by atoms with Crippen molar-refractivity contribution in [1.82, 2.24) is 14.4 Å². The molecule has 2 N–H and O–H groups in total. The quantitative estimate of drug-likeness (QED) is 0.548. The second-order valence-corrected chi connectivity index (χ2v) is 6.11. The highest BCUT2D eigenvalue weighted by Crippen LogP contribution is 2.22. The number of hydrogen-bond acceptors (Lipinski definition) is 5. The fourth-order valence-electron chi connectivity index (χ4n) is 2.71. The van der Waals surface area contributed by atoms with E-state index >= 15 is 0 Å². The summed E-state index contributed by atoms with van der Waals surface area (Å²) < 4.78 is 7.12. The molecule has 0 spiro atoms. The summed E-state index contributed by atoms with van der Waals surface area (Å²) in [6.07, 6.45) is 4.45. The van der Waals surface area contributed by atoms with Gasteiger partial charge in [0.2, 0.25) is 0 Å². The van der Waals surface area contributed by atoms with Crippen LogP contribution in [-0.2, 0) is 6.61 Å². The average molecular weight is 387 g/mol. The minimum atomic E-state index is -0.622. The Balaban J connectivity index is 1.48. The molecule has 0 fully saturated rings. The Hall–Kier alpha value is -4.20. The van der Waals surface area contributed by atoms with Crippen LogP contribution in [0.4, 0.5) is 16.3 Å². The lowest BCUT2D eigenvalue weighted by atomic mass is 10.2. The average Bonchev–Trinajstić information content (AvgIpc) is 2.76. The molecule has 3 aromatic heterocycles. The van der Waals surface area contributed by atoms with Crippen molar-refractivity contribution in [2.75, 3.05) is 10.6 Å². The third-order valence-corrected chi connectivity index (χ3v) is 4.10. The van der Waals surface area contributed by atoms with Gasteiger partial charge in [-0.1, -0.05) is 36.4 Å². The Morgan fingerprint density at radius 1 is 0.966 bits per heavy atom. The Morgan fingerprint density at radius 2 is 1.79 bits per heavy atom. The summed E-state index contributed by atoms with van der Waals surface area (Å²) >= 11 is 0. The van der Waals surface area contributed by atoms with Gasteiger partial charge in [-0.2, -0.15) is 0 Å². The van der Waals surface area contributed by atoms with Gasteiger partial charge in [-0.15, -0.1) is 0 Å². The maximum absolute atomic E-state index is 12.5. The molecule has 0 aliphatic rings. The van der Waals surface area contributed by atoms with Gasteiger partial charge in [0, 0.05) is 12.4 Å². The molecule has 144 valence electrons. The molecule has 0 bridgehead atoms. The molecule has 2 amide bonds. The Labute approximate surface area is 165 Å². The molecule has 0 saturated carbocycles. The molecule has 29 heavy (non-hydrogen) atoms. The van der Waals surface area contributed by atoms with Gasteiger partial charge in [0.15, 0.2) is 11.6 Å². The highest BCUT2D eigenvalue weighted by Gasteiger charge is 2.12. The van der Waals surface area contributed by atoms with Crippen molar-refractivity contribution in [3.8, 4) is 5.75 Å². The first-order valence-electron chi connectivity index (χ1n) is 8.87. The first-order chi connectivity index (χ1) is 14.2.